The zero-order valence-electron chi connectivity index (χ0n) is 13.1. The quantitative estimate of drug-likeness (QED) is 0.315. The highest BCUT2D eigenvalue weighted by Gasteiger charge is 2.22. The summed E-state index contributed by atoms with van der Waals surface area (Å²) in [6.07, 6.45) is 2.14. The van der Waals surface area contributed by atoms with E-state index < -0.39 is 45.5 Å². The SMILES string of the molecule is O=C(Nc1c(F)c(F)cc(F)c1F)c1ccc(Cn2cc([N+](=O)[O-])cn2)o1. The maximum absolute atomic E-state index is 13.6. The number of carbonyl (C=O) groups excluding carboxylic acids is 1. The van der Waals surface area contributed by atoms with Gasteiger partial charge in [-0.2, -0.15) is 5.10 Å². The molecule has 27 heavy (non-hydrogen) atoms. The fourth-order valence-corrected chi connectivity index (χ4v) is 2.14. The van der Waals surface area contributed by atoms with E-state index in [1.165, 1.54) is 10.7 Å². The Hall–Kier alpha value is -3.70. The number of furan rings is 1. The van der Waals surface area contributed by atoms with Gasteiger partial charge in [0.1, 0.15) is 23.8 Å². The van der Waals surface area contributed by atoms with E-state index in [9.17, 15) is 32.5 Å². The minimum atomic E-state index is -1.77. The molecule has 0 saturated heterocycles. The molecule has 0 saturated carbocycles. The Labute approximate surface area is 147 Å². The van der Waals surface area contributed by atoms with Crippen molar-refractivity contribution in [3.8, 4) is 0 Å². The highest BCUT2D eigenvalue weighted by Crippen LogP contribution is 2.25. The summed E-state index contributed by atoms with van der Waals surface area (Å²) in [5.74, 6) is -8.31. The van der Waals surface area contributed by atoms with E-state index in [1.807, 2.05) is 0 Å². The van der Waals surface area contributed by atoms with Crippen LogP contribution in [0.1, 0.15) is 16.3 Å². The molecule has 1 N–H and O–H groups in total. The first-order valence-electron chi connectivity index (χ1n) is 7.16. The monoisotopic (exact) mass is 384 g/mol. The lowest BCUT2D eigenvalue weighted by Gasteiger charge is -2.07. The Morgan fingerprint density at radius 3 is 2.48 bits per heavy atom. The van der Waals surface area contributed by atoms with Crippen molar-refractivity contribution < 1.29 is 31.7 Å². The average molecular weight is 384 g/mol. The fraction of sp³-hybridized carbons (Fsp3) is 0.0667. The average Bonchev–Trinajstić information content (AvgIpc) is 3.27. The van der Waals surface area contributed by atoms with Gasteiger partial charge in [0.25, 0.3) is 5.91 Å². The molecule has 0 spiro atoms. The van der Waals surface area contributed by atoms with Crippen LogP contribution in [-0.2, 0) is 6.54 Å². The summed E-state index contributed by atoms with van der Waals surface area (Å²) in [5, 5.41) is 16.0. The fourth-order valence-electron chi connectivity index (χ4n) is 2.14. The third kappa shape index (κ3) is 3.63. The minimum Gasteiger partial charge on any atom is -0.454 e. The molecule has 2 aromatic heterocycles. The van der Waals surface area contributed by atoms with Crippen molar-refractivity contribution in [1.82, 2.24) is 9.78 Å². The summed E-state index contributed by atoms with van der Waals surface area (Å²) in [5.41, 5.74) is -1.54. The van der Waals surface area contributed by atoms with E-state index in [0.717, 1.165) is 18.5 Å². The Balaban J connectivity index is 1.76. The third-order valence-electron chi connectivity index (χ3n) is 3.38. The van der Waals surface area contributed by atoms with E-state index in [4.69, 9.17) is 4.42 Å². The molecule has 0 unspecified atom stereocenters. The van der Waals surface area contributed by atoms with Crippen LogP contribution in [-0.4, -0.2) is 20.6 Å². The van der Waals surface area contributed by atoms with Crippen molar-refractivity contribution in [2.45, 2.75) is 6.54 Å². The molecular weight excluding hydrogens is 376 g/mol. The Kier molecular flexibility index (Phi) is 4.62. The maximum atomic E-state index is 13.6. The summed E-state index contributed by atoms with van der Waals surface area (Å²) in [6.45, 7) is -0.0710. The molecule has 0 radical (unpaired) electrons. The van der Waals surface area contributed by atoms with Gasteiger partial charge in [-0.15, -0.1) is 0 Å². The molecule has 1 aromatic carbocycles. The number of amides is 1. The van der Waals surface area contributed by atoms with Crippen LogP contribution in [0.25, 0.3) is 0 Å². The minimum absolute atomic E-state index is 0.00852. The Morgan fingerprint density at radius 2 is 1.89 bits per heavy atom. The largest absolute Gasteiger partial charge is 0.454 e. The van der Waals surface area contributed by atoms with Gasteiger partial charge in [0.05, 0.1) is 11.5 Å². The van der Waals surface area contributed by atoms with Crippen molar-refractivity contribution in [3.05, 3.63) is 75.5 Å². The molecule has 12 heteroatoms. The molecule has 0 bridgehead atoms. The number of aromatic nitrogens is 2. The number of carbonyl (C=O) groups is 1. The number of nitrogens with zero attached hydrogens (tertiary/aromatic N) is 3. The first-order chi connectivity index (χ1) is 12.8. The molecule has 140 valence electrons. The summed E-state index contributed by atoms with van der Waals surface area (Å²) in [6, 6.07) is 2.48. The number of hydrogen-bond acceptors (Lipinski definition) is 5. The zero-order valence-corrected chi connectivity index (χ0v) is 13.1. The number of halogens is 4. The Morgan fingerprint density at radius 1 is 1.22 bits per heavy atom. The summed E-state index contributed by atoms with van der Waals surface area (Å²) in [4.78, 5) is 22.0. The molecule has 8 nitrogen and oxygen atoms in total. The van der Waals surface area contributed by atoms with Gasteiger partial charge in [0.15, 0.2) is 29.0 Å². The van der Waals surface area contributed by atoms with Crippen LogP contribution < -0.4 is 5.32 Å². The maximum Gasteiger partial charge on any atom is 0.307 e. The summed E-state index contributed by atoms with van der Waals surface area (Å²) >= 11 is 0. The predicted octanol–water partition coefficient (Wildman–Crippen LogP) is 3.24. The van der Waals surface area contributed by atoms with E-state index >= 15 is 0 Å². The van der Waals surface area contributed by atoms with E-state index in [0.29, 0.717) is 0 Å². The van der Waals surface area contributed by atoms with Crippen molar-refractivity contribution >= 4 is 17.3 Å². The molecule has 2 heterocycles. The van der Waals surface area contributed by atoms with Gasteiger partial charge >= 0.3 is 5.69 Å². The first-order valence-corrected chi connectivity index (χ1v) is 7.16. The lowest BCUT2D eigenvalue weighted by atomic mass is 10.2. The van der Waals surface area contributed by atoms with Gasteiger partial charge in [0, 0.05) is 6.07 Å². The van der Waals surface area contributed by atoms with Gasteiger partial charge in [-0.1, -0.05) is 0 Å². The number of hydrogen-bond donors (Lipinski definition) is 1. The highest BCUT2D eigenvalue weighted by molar-refractivity contribution is 6.02. The van der Waals surface area contributed by atoms with Crippen molar-refractivity contribution in [2.24, 2.45) is 0 Å². The molecule has 0 aliphatic carbocycles. The molecule has 0 aliphatic heterocycles. The lowest BCUT2D eigenvalue weighted by Crippen LogP contribution is -2.15. The molecule has 3 rings (SSSR count). The van der Waals surface area contributed by atoms with Gasteiger partial charge in [-0.25, -0.2) is 17.6 Å². The van der Waals surface area contributed by atoms with Crippen LogP contribution in [0.4, 0.5) is 28.9 Å². The van der Waals surface area contributed by atoms with Crippen LogP contribution in [0, 0.1) is 33.4 Å². The van der Waals surface area contributed by atoms with Crippen LogP contribution in [0.2, 0.25) is 0 Å². The molecule has 0 atom stereocenters. The summed E-state index contributed by atoms with van der Waals surface area (Å²) in [7, 11) is 0. The lowest BCUT2D eigenvalue weighted by molar-refractivity contribution is -0.385. The second-order valence-corrected chi connectivity index (χ2v) is 5.22. The highest BCUT2D eigenvalue weighted by atomic mass is 19.2. The smallest absolute Gasteiger partial charge is 0.307 e. The topological polar surface area (TPSA) is 103 Å². The molecular formula is C15H8F4N4O4. The molecule has 1 amide bonds. The van der Waals surface area contributed by atoms with Gasteiger partial charge in [0.2, 0.25) is 0 Å². The van der Waals surface area contributed by atoms with Gasteiger partial charge in [-0.05, 0) is 12.1 Å². The normalized spacial score (nSPS) is 10.8. The van der Waals surface area contributed by atoms with E-state index in [1.54, 1.807) is 5.32 Å². The van der Waals surface area contributed by atoms with E-state index in [-0.39, 0.29) is 24.1 Å². The second-order valence-electron chi connectivity index (χ2n) is 5.22. The molecule has 0 fully saturated rings. The number of benzene rings is 1. The van der Waals surface area contributed by atoms with Gasteiger partial charge < -0.3 is 9.73 Å². The standard InChI is InChI=1S/C15H8F4N4O4/c16-9-3-10(17)13(19)14(12(9)18)21-15(24)11-2-1-8(27-11)6-22-5-7(4-20-22)23(25)26/h1-5H,6H2,(H,21,24). The number of anilines is 1. The van der Waals surface area contributed by atoms with Crippen molar-refractivity contribution in [1.29, 1.82) is 0 Å². The number of nitro groups is 1. The third-order valence-corrected chi connectivity index (χ3v) is 3.38. The van der Waals surface area contributed by atoms with Crippen LogP contribution in [0.15, 0.2) is 35.0 Å². The predicted molar refractivity (Wildman–Crippen MR) is 80.9 cm³/mol. The van der Waals surface area contributed by atoms with E-state index in [2.05, 4.69) is 5.10 Å². The van der Waals surface area contributed by atoms with Crippen LogP contribution in [0.3, 0.4) is 0 Å². The van der Waals surface area contributed by atoms with Crippen LogP contribution in [0.5, 0.6) is 0 Å². The van der Waals surface area contributed by atoms with Crippen molar-refractivity contribution in [2.75, 3.05) is 5.32 Å². The van der Waals surface area contributed by atoms with Crippen molar-refractivity contribution in [3.63, 3.8) is 0 Å². The number of nitrogens with one attached hydrogen (secondary N) is 1. The zero-order chi connectivity index (χ0) is 19.7. The second kappa shape index (κ2) is 6.90. The number of rotatable bonds is 5. The summed E-state index contributed by atoms with van der Waals surface area (Å²) < 4.78 is 59.8. The van der Waals surface area contributed by atoms with Crippen LogP contribution >= 0.6 is 0 Å². The Bertz CT molecular complexity index is 1020. The molecule has 3 aromatic rings. The van der Waals surface area contributed by atoms with Gasteiger partial charge in [-0.3, -0.25) is 19.6 Å². The molecule has 0 aliphatic rings. The first kappa shape index (κ1) is 18.1.